The van der Waals surface area contributed by atoms with E-state index < -0.39 is 10.0 Å². The maximum Gasteiger partial charge on any atom is 0.244 e. The van der Waals surface area contributed by atoms with E-state index in [1.807, 2.05) is 6.92 Å². The summed E-state index contributed by atoms with van der Waals surface area (Å²) in [5.74, 6) is 0. The Kier molecular flexibility index (Phi) is 3.96. The fourth-order valence-electron chi connectivity index (χ4n) is 2.27. The Hall–Kier alpha value is -0.620. The van der Waals surface area contributed by atoms with E-state index in [9.17, 15) is 8.42 Å². The fraction of sp³-hybridized carbons (Fsp3) is 0.500. The van der Waals surface area contributed by atoms with Crippen molar-refractivity contribution in [1.29, 1.82) is 0 Å². The van der Waals surface area contributed by atoms with E-state index in [0.29, 0.717) is 13.1 Å². The average molecular weight is 289 g/mol. The molecule has 2 N–H and O–H groups in total. The Balaban J connectivity index is 2.41. The van der Waals surface area contributed by atoms with E-state index in [1.165, 1.54) is 4.31 Å². The number of nitrogens with two attached hydrogens (primary N) is 1. The van der Waals surface area contributed by atoms with Crippen molar-refractivity contribution in [3.05, 3.63) is 28.8 Å². The van der Waals surface area contributed by atoms with Crippen molar-refractivity contribution in [2.45, 2.75) is 37.2 Å². The quantitative estimate of drug-likeness (QED) is 0.925. The largest absolute Gasteiger partial charge is 0.326 e. The van der Waals surface area contributed by atoms with Crippen LogP contribution in [0.15, 0.2) is 23.1 Å². The Bertz CT molecular complexity index is 545. The van der Waals surface area contributed by atoms with Crippen LogP contribution in [0.2, 0.25) is 5.02 Å². The Labute approximate surface area is 113 Å². The minimum absolute atomic E-state index is 0.0419. The van der Waals surface area contributed by atoms with Crippen LogP contribution < -0.4 is 5.73 Å². The summed E-state index contributed by atoms with van der Waals surface area (Å²) in [5, 5.41) is 0.247. The normalized spacial score (nSPS) is 21.4. The molecule has 1 aliphatic rings. The van der Waals surface area contributed by atoms with Crippen LogP contribution in [0.1, 0.15) is 25.3 Å². The van der Waals surface area contributed by atoms with Gasteiger partial charge in [-0.3, -0.25) is 0 Å². The molecule has 1 heterocycles. The lowest BCUT2D eigenvalue weighted by Crippen LogP contribution is -2.33. The molecule has 4 nitrogen and oxygen atoms in total. The third-order valence-electron chi connectivity index (χ3n) is 3.31. The summed E-state index contributed by atoms with van der Waals surface area (Å²) in [6.07, 6.45) is 1.80. The molecule has 0 amide bonds. The van der Waals surface area contributed by atoms with Gasteiger partial charge in [0.05, 0.1) is 5.02 Å². The highest BCUT2D eigenvalue weighted by Gasteiger charge is 2.33. The monoisotopic (exact) mass is 288 g/mol. The first-order valence-electron chi connectivity index (χ1n) is 5.97. The van der Waals surface area contributed by atoms with Crippen LogP contribution in [0.5, 0.6) is 0 Å². The Morgan fingerprint density at radius 1 is 1.50 bits per heavy atom. The lowest BCUT2D eigenvalue weighted by atomic mass is 10.2. The van der Waals surface area contributed by atoms with Crippen LogP contribution in [0.25, 0.3) is 0 Å². The van der Waals surface area contributed by atoms with Crippen molar-refractivity contribution in [2.75, 3.05) is 6.54 Å². The number of benzene rings is 1. The number of hydrogen-bond donors (Lipinski definition) is 1. The van der Waals surface area contributed by atoms with Gasteiger partial charge in [-0.15, -0.1) is 0 Å². The maximum absolute atomic E-state index is 12.5. The molecule has 1 unspecified atom stereocenters. The number of halogens is 1. The first-order chi connectivity index (χ1) is 8.46. The van der Waals surface area contributed by atoms with E-state index in [4.69, 9.17) is 17.3 Å². The molecule has 1 aliphatic heterocycles. The number of sulfonamides is 1. The van der Waals surface area contributed by atoms with Crippen molar-refractivity contribution in [1.82, 2.24) is 4.31 Å². The smallest absolute Gasteiger partial charge is 0.244 e. The van der Waals surface area contributed by atoms with Crippen LogP contribution in [-0.4, -0.2) is 25.3 Å². The van der Waals surface area contributed by atoms with E-state index in [1.54, 1.807) is 18.2 Å². The Morgan fingerprint density at radius 3 is 2.72 bits per heavy atom. The molecule has 0 aromatic heterocycles. The van der Waals surface area contributed by atoms with Gasteiger partial charge in [-0.2, -0.15) is 4.31 Å². The predicted molar refractivity (Wildman–Crippen MR) is 71.9 cm³/mol. The summed E-state index contributed by atoms with van der Waals surface area (Å²) in [6.45, 7) is 2.84. The standard InChI is InChI=1S/C12H17ClN2O2S/c1-9-3-2-6-15(9)18(16,17)12-5-4-10(8-14)7-11(12)13/h4-5,7,9H,2-3,6,8,14H2,1H3. The molecular formula is C12H17ClN2O2S. The highest BCUT2D eigenvalue weighted by atomic mass is 35.5. The molecular weight excluding hydrogens is 272 g/mol. The number of rotatable bonds is 3. The third kappa shape index (κ3) is 2.40. The van der Waals surface area contributed by atoms with Gasteiger partial charge in [-0.25, -0.2) is 8.42 Å². The second-order valence-corrected chi connectivity index (χ2v) is 6.84. The van der Waals surface area contributed by atoms with E-state index in [0.717, 1.165) is 18.4 Å². The van der Waals surface area contributed by atoms with Gasteiger partial charge in [-0.1, -0.05) is 17.7 Å². The lowest BCUT2D eigenvalue weighted by Gasteiger charge is -2.21. The first kappa shape index (κ1) is 13.8. The van der Waals surface area contributed by atoms with Crippen molar-refractivity contribution in [3.8, 4) is 0 Å². The Morgan fingerprint density at radius 2 is 2.22 bits per heavy atom. The maximum atomic E-state index is 12.5. The summed E-state index contributed by atoms with van der Waals surface area (Å²) in [5.41, 5.74) is 6.33. The first-order valence-corrected chi connectivity index (χ1v) is 7.79. The minimum Gasteiger partial charge on any atom is -0.326 e. The van der Waals surface area contributed by atoms with Crippen molar-refractivity contribution >= 4 is 21.6 Å². The summed E-state index contributed by atoms with van der Waals surface area (Å²) < 4.78 is 26.5. The second kappa shape index (κ2) is 5.17. The van der Waals surface area contributed by atoms with Crippen molar-refractivity contribution in [2.24, 2.45) is 5.73 Å². The molecule has 0 radical (unpaired) electrons. The molecule has 1 aromatic carbocycles. The highest BCUT2D eigenvalue weighted by molar-refractivity contribution is 7.89. The van der Waals surface area contributed by atoms with Crippen LogP contribution in [0.3, 0.4) is 0 Å². The van der Waals surface area contributed by atoms with E-state index >= 15 is 0 Å². The lowest BCUT2D eigenvalue weighted by molar-refractivity contribution is 0.408. The highest BCUT2D eigenvalue weighted by Crippen LogP contribution is 2.30. The number of hydrogen-bond acceptors (Lipinski definition) is 3. The molecule has 0 bridgehead atoms. The van der Waals surface area contributed by atoms with Crippen molar-refractivity contribution < 1.29 is 8.42 Å². The summed E-state index contributed by atoms with van der Waals surface area (Å²) in [4.78, 5) is 0.176. The molecule has 18 heavy (non-hydrogen) atoms. The molecule has 1 fully saturated rings. The van der Waals surface area contributed by atoms with E-state index in [2.05, 4.69) is 0 Å². The molecule has 0 saturated carbocycles. The van der Waals surface area contributed by atoms with Crippen LogP contribution >= 0.6 is 11.6 Å². The van der Waals surface area contributed by atoms with E-state index in [-0.39, 0.29) is 16.0 Å². The van der Waals surface area contributed by atoms with Gasteiger partial charge < -0.3 is 5.73 Å². The van der Waals surface area contributed by atoms with Gasteiger partial charge in [0.1, 0.15) is 4.90 Å². The van der Waals surface area contributed by atoms with Gasteiger partial charge in [0.2, 0.25) is 10.0 Å². The molecule has 1 saturated heterocycles. The topological polar surface area (TPSA) is 63.4 Å². The zero-order chi connectivity index (χ0) is 13.3. The fourth-order valence-corrected chi connectivity index (χ4v) is 4.51. The van der Waals surface area contributed by atoms with Gasteiger partial charge in [0, 0.05) is 19.1 Å². The third-order valence-corrected chi connectivity index (χ3v) is 5.81. The van der Waals surface area contributed by atoms with Gasteiger partial charge in [0.15, 0.2) is 0 Å². The number of nitrogens with zero attached hydrogens (tertiary/aromatic N) is 1. The molecule has 0 spiro atoms. The van der Waals surface area contributed by atoms with Crippen molar-refractivity contribution in [3.63, 3.8) is 0 Å². The van der Waals surface area contributed by atoms with Gasteiger partial charge in [0.25, 0.3) is 0 Å². The van der Waals surface area contributed by atoms with Crippen LogP contribution in [0, 0.1) is 0 Å². The molecule has 2 rings (SSSR count). The second-order valence-electron chi connectivity index (χ2n) is 4.58. The van der Waals surface area contributed by atoms with Crippen LogP contribution in [-0.2, 0) is 16.6 Å². The summed E-state index contributed by atoms with van der Waals surface area (Å²) in [6, 6.07) is 4.92. The zero-order valence-electron chi connectivity index (χ0n) is 10.3. The zero-order valence-corrected chi connectivity index (χ0v) is 11.8. The molecule has 1 atom stereocenters. The predicted octanol–water partition coefficient (Wildman–Crippen LogP) is 1.97. The minimum atomic E-state index is -3.48. The summed E-state index contributed by atoms with van der Waals surface area (Å²) in [7, 11) is -3.48. The molecule has 6 heteroatoms. The molecule has 1 aromatic rings. The molecule has 0 aliphatic carbocycles. The SMILES string of the molecule is CC1CCCN1S(=O)(=O)c1ccc(CN)cc1Cl. The summed E-state index contributed by atoms with van der Waals surface area (Å²) >= 11 is 6.06. The van der Waals surface area contributed by atoms with Crippen LogP contribution in [0.4, 0.5) is 0 Å². The molecule has 100 valence electrons. The van der Waals surface area contributed by atoms with Gasteiger partial charge >= 0.3 is 0 Å². The van der Waals surface area contributed by atoms with Gasteiger partial charge in [-0.05, 0) is 37.5 Å². The average Bonchev–Trinajstić information content (AvgIpc) is 2.75.